The Hall–Kier alpha value is -2.87. The molecular weight excluding hydrogens is 446 g/mol. The van der Waals surface area contributed by atoms with E-state index >= 15 is 0 Å². The Balaban J connectivity index is 5.45. The van der Waals surface area contributed by atoms with E-state index in [1.54, 1.807) is 6.26 Å². The van der Waals surface area contributed by atoms with E-state index < -0.39 is 66.2 Å². The third-order valence-corrected chi connectivity index (χ3v) is 4.87. The molecule has 0 aliphatic heterocycles. The summed E-state index contributed by atoms with van der Waals surface area (Å²) < 4.78 is 0. The lowest BCUT2D eigenvalue weighted by atomic mass is 10.1. The molecule has 4 amide bonds. The van der Waals surface area contributed by atoms with Gasteiger partial charge in [-0.1, -0.05) is 0 Å². The van der Waals surface area contributed by atoms with Crippen LogP contribution in [-0.4, -0.2) is 82.0 Å². The summed E-state index contributed by atoms with van der Waals surface area (Å²) in [6.07, 6.45) is 0.630. The van der Waals surface area contributed by atoms with Crippen LogP contribution in [0.25, 0.3) is 0 Å². The van der Waals surface area contributed by atoms with Gasteiger partial charge in [-0.3, -0.25) is 24.0 Å². The zero-order valence-corrected chi connectivity index (χ0v) is 18.8. The van der Waals surface area contributed by atoms with Crippen LogP contribution in [0.1, 0.15) is 39.0 Å². The Labute approximate surface area is 189 Å². The molecule has 14 heteroatoms. The maximum Gasteiger partial charge on any atom is 0.326 e. The van der Waals surface area contributed by atoms with E-state index in [-0.39, 0.29) is 25.7 Å². The summed E-state index contributed by atoms with van der Waals surface area (Å²) in [4.78, 5) is 70.5. The van der Waals surface area contributed by atoms with Crippen LogP contribution in [0.3, 0.4) is 0 Å². The lowest BCUT2D eigenvalue weighted by Crippen LogP contribution is -2.57. The molecule has 0 fully saturated rings. The Bertz CT molecular complexity index is 703. The van der Waals surface area contributed by atoms with Gasteiger partial charge in [-0.25, -0.2) is 4.79 Å². The fourth-order valence-electron chi connectivity index (χ4n) is 2.43. The molecule has 0 bridgehead atoms. The van der Waals surface area contributed by atoms with Crippen molar-refractivity contribution >= 4 is 47.3 Å². The van der Waals surface area contributed by atoms with Gasteiger partial charge in [-0.15, -0.1) is 0 Å². The van der Waals surface area contributed by atoms with Gasteiger partial charge in [0.1, 0.15) is 18.1 Å². The van der Waals surface area contributed by atoms with Crippen LogP contribution in [0.4, 0.5) is 0 Å². The molecule has 0 aliphatic rings. The molecule has 0 heterocycles. The molecule has 0 saturated carbocycles. The molecule has 0 rings (SSSR count). The molecule has 0 spiro atoms. The number of carbonyl (C=O) groups is 6. The van der Waals surface area contributed by atoms with Crippen molar-refractivity contribution < 1.29 is 39.0 Å². The highest BCUT2D eigenvalue weighted by molar-refractivity contribution is 7.98. The van der Waals surface area contributed by atoms with Gasteiger partial charge < -0.3 is 37.6 Å². The second kappa shape index (κ2) is 15.0. The number of carboxylic acids is 2. The minimum Gasteiger partial charge on any atom is -0.481 e. The number of carbonyl (C=O) groups excluding carboxylic acids is 4. The molecule has 0 radical (unpaired) electrons. The number of nitrogens with two attached hydrogens (primary N) is 2. The van der Waals surface area contributed by atoms with Crippen molar-refractivity contribution in [2.45, 2.75) is 63.2 Å². The van der Waals surface area contributed by atoms with Crippen LogP contribution in [-0.2, 0) is 28.8 Å². The summed E-state index contributed by atoms with van der Waals surface area (Å²) in [6, 6.07) is -4.76. The first-order valence-electron chi connectivity index (χ1n) is 9.77. The SMILES string of the molecule is CSCCC(NC(=O)C(C)N)C(=O)NC(CCC(N)=O)C(=O)NC(CCC(=O)O)C(=O)O. The molecule has 32 heavy (non-hydrogen) atoms. The smallest absolute Gasteiger partial charge is 0.326 e. The molecule has 13 nitrogen and oxygen atoms in total. The summed E-state index contributed by atoms with van der Waals surface area (Å²) in [5.41, 5.74) is 10.6. The van der Waals surface area contributed by atoms with E-state index in [1.807, 2.05) is 0 Å². The van der Waals surface area contributed by atoms with Gasteiger partial charge in [-0.2, -0.15) is 11.8 Å². The number of amides is 4. The highest BCUT2D eigenvalue weighted by Gasteiger charge is 2.30. The molecule has 0 aliphatic carbocycles. The van der Waals surface area contributed by atoms with Crippen molar-refractivity contribution in [3.05, 3.63) is 0 Å². The molecule has 4 unspecified atom stereocenters. The van der Waals surface area contributed by atoms with Gasteiger partial charge >= 0.3 is 11.9 Å². The highest BCUT2D eigenvalue weighted by Crippen LogP contribution is 2.06. The maximum atomic E-state index is 12.7. The number of thioether (sulfide) groups is 1. The molecular formula is C18H31N5O8S. The Morgan fingerprint density at radius 1 is 0.812 bits per heavy atom. The van der Waals surface area contributed by atoms with Crippen molar-refractivity contribution in [3.63, 3.8) is 0 Å². The summed E-state index contributed by atoms with van der Waals surface area (Å²) in [5.74, 6) is -5.18. The quantitative estimate of drug-likeness (QED) is 0.126. The van der Waals surface area contributed by atoms with Crippen molar-refractivity contribution in [2.24, 2.45) is 11.5 Å². The van der Waals surface area contributed by atoms with Gasteiger partial charge in [0.25, 0.3) is 0 Å². The standard InChI is InChI=1S/C18H31N5O8S/c1-9(19)15(27)21-11(7-8-32-2)17(29)22-10(3-5-13(20)24)16(28)23-12(18(30)31)4-6-14(25)26/h9-12H,3-8,19H2,1-2H3,(H2,20,24)(H,21,27)(H,22,29)(H,23,28)(H,25,26)(H,30,31). The second-order valence-corrected chi connectivity index (χ2v) is 8.01. The lowest BCUT2D eigenvalue weighted by Gasteiger charge is -2.24. The van der Waals surface area contributed by atoms with Gasteiger partial charge in [0.05, 0.1) is 6.04 Å². The second-order valence-electron chi connectivity index (χ2n) is 7.03. The van der Waals surface area contributed by atoms with Crippen LogP contribution in [0.2, 0.25) is 0 Å². The number of primary amides is 1. The van der Waals surface area contributed by atoms with Crippen LogP contribution in [0, 0.1) is 0 Å². The molecule has 9 N–H and O–H groups in total. The molecule has 0 saturated heterocycles. The zero-order valence-electron chi connectivity index (χ0n) is 18.0. The summed E-state index contributed by atoms with van der Waals surface area (Å²) in [6.45, 7) is 1.44. The van der Waals surface area contributed by atoms with E-state index in [2.05, 4.69) is 16.0 Å². The number of aliphatic carboxylic acids is 2. The fourth-order valence-corrected chi connectivity index (χ4v) is 2.90. The van der Waals surface area contributed by atoms with E-state index in [1.165, 1.54) is 18.7 Å². The summed E-state index contributed by atoms with van der Waals surface area (Å²) in [7, 11) is 0. The topological polar surface area (TPSA) is 231 Å². The maximum absolute atomic E-state index is 12.7. The van der Waals surface area contributed by atoms with Crippen molar-refractivity contribution in [1.82, 2.24) is 16.0 Å². The van der Waals surface area contributed by atoms with E-state index in [0.29, 0.717) is 5.75 Å². The van der Waals surface area contributed by atoms with Crippen molar-refractivity contribution in [2.75, 3.05) is 12.0 Å². The average molecular weight is 478 g/mol. The predicted molar refractivity (Wildman–Crippen MR) is 115 cm³/mol. The molecule has 4 atom stereocenters. The van der Waals surface area contributed by atoms with Gasteiger partial charge in [-0.05, 0) is 38.2 Å². The number of nitrogens with one attached hydrogen (secondary N) is 3. The minimum atomic E-state index is -1.52. The first kappa shape index (κ1) is 29.1. The number of carboxylic acid groups (broad SMARTS) is 2. The van der Waals surface area contributed by atoms with Crippen LogP contribution >= 0.6 is 11.8 Å². The van der Waals surface area contributed by atoms with Gasteiger partial charge in [0.2, 0.25) is 23.6 Å². The lowest BCUT2D eigenvalue weighted by molar-refractivity contribution is -0.143. The van der Waals surface area contributed by atoms with Crippen molar-refractivity contribution in [1.29, 1.82) is 0 Å². The van der Waals surface area contributed by atoms with Gasteiger partial charge in [0.15, 0.2) is 0 Å². The Morgan fingerprint density at radius 3 is 1.72 bits per heavy atom. The minimum absolute atomic E-state index is 0.228. The fraction of sp³-hybridized carbons (Fsp3) is 0.667. The average Bonchev–Trinajstić information content (AvgIpc) is 2.69. The normalized spacial score (nSPS) is 14.3. The third kappa shape index (κ3) is 12.1. The van der Waals surface area contributed by atoms with E-state index in [4.69, 9.17) is 16.6 Å². The van der Waals surface area contributed by atoms with E-state index in [9.17, 15) is 33.9 Å². The largest absolute Gasteiger partial charge is 0.481 e. The van der Waals surface area contributed by atoms with Gasteiger partial charge in [0, 0.05) is 12.8 Å². The van der Waals surface area contributed by atoms with Crippen molar-refractivity contribution in [3.8, 4) is 0 Å². The molecule has 0 aromatic carbocycles. The Morgan fingerprint density at radius 2 is 1.28 bits per heavy atom. The van der Waals surface area contributed by atoms with Crippen LogP contribution < -0.4 is 27.4 Å². The Kier molecular flexibility index (Phi) is 13.7. The number of hydrogen-bond donors (Lipinski definition) is 7. The van der Waals surface area contributed by atoms with Crippen LogP contribution in [0.5, 0.6) is 0 Å². The highest BCUT2D eigenvalue weighted by atomic mass is 32.2. The molecule has 0 aromatic rings. The first-order valence-corrected chi connectivity index (χ1v) is 11.2. The number of rotatable bonds is 16. The van der Waals surface area contributed by atoms with Crippen LogP contribution in [0.15, 0.2) is 0 Å². The molecule has 0 aromatic heterocycles. The number of hydrogen-bond acceptors (Lipinski definition) is 8. The first-order chi connectivity index (χ1) is 14.9. The summed E-state index contributed by atoms with van der Waals surface area (Å²) >= 11 is 1.43. The third-order valence-electron chi connectivity index (χ3n) is 4.23. The zero-order chi connectivity index (χ0) is 24.8. The van der Waals surface area contributed by atoms with E-state index in [0.717, 1.165) is 0 Å². The predicted octanol–water partition coefficient (Wildman–Crippen LogP) is -2.24. The molecule has 182 valence electrons. The monoisotopic (exact) mass is 477 g/mol. The summed E-state index contributed by atoms with van der Waals surface area (Å²) in [5, 5.41) is 25.0.